The molecule has 2 aromatic rings. The molecule has 8 nitrogen and oxygen atoms in total. The Balaban J connectivity index is 1.80. The quantitative estimate of drug-likeness (QED) is 0.176. The molecule has 0 saturated heterocycles. The number of pyridine rings is 1. The number of amidine groups is 2. The fourth-order valence-electron chi connectivity index (χ4n) is 2.41. The Morgan fingerprint density at radius 3 is 2.88 bits per heavy atom. The summed E-state index contributed by atoms with van der Waals surface area (Å²) >= 11 is 7.93. The van der Waals surface area contributed by atoms with Gasteiger partial charge in [-0.15, -0.1) is 0 Å². The first-order valence-electron chi connectivity index (χ1n) is 7.67. The van der Waals surface area contributed by atoms with Crippen LogP contribution in [-0.2, 0) is 6.54 Å². The maximum atomic E-state index is 11.5. The van der Waals surface area contributed by atoms with Crippen LogP contribution in [0.15, 0.2) is 52.7 Å². The molecule has 0 atom stereocenters. The summed E-state index contributed by atoms with van der Waals surface area (Å²) in [6, 6.07) is 10.9. The van der Waals surface area contributed by atoms with Crippen molar-refractivity contribution in [2.24, 2.45) is 10.1 Å². The van der Waals surface area contributed by atoms with Gasteiger partial charge in [-0.1, -0.05) is 29.8 Å². The van der Waals surface area contributed by atoms with Gasteiger partial charge in [-0.3, -0.25) is 4.99 Å². The molecule has 10 heteroatoms. The number of aromatic nitrogens is 1. The van der Waals surface area contributed by atoms with Crippen molar-refractivity contribution in [1.82, 2.24) is 9.88 Å². The number of hydrazone groups is 1. The number of anilines is 1. The van der Waals surface area contributed by atoms with E-state index in [9.17, 15) is 10.1 Å². The predicted octanol–water partition coefficient (Wildman–Crippen LogP) is 3.26. The zero-order valence-electron chi connectivity index (χ0n) is 13.5. The molecule has 1 aromatic heterocycles. The first-order valence-corrected chi connectivity index (χ1v) is 9.13. The minimum Gasteiger partial charge on any atom is -0.358 e. The van der Waals surface area contributed by atoms with Crippen LogP contribution < -0.4 is 5.43 Å². The minimum atomic E-state index is -0.528. The average Bonchev–Trinajstić information content (AvgIpc) is 3.06. The summed E-state index contributed by atoms with van der Waals surface area (Å²) in [7, 11) is 0. The Morgan fingerprint density at radius 2 is 2.19 bits per heavy atom. The molecule has 1 aliphatic rings. The van der Waals surface area contributed by atoms with Crippen LogP contribution in [-0.4, -0.2) is 39.6 Å². The van der Waals surface area contributed by atoms with Gasteiger partial charge in [0.25, 0.3) is 0 Å². The zero-order chi connectivity index (χ0) is 18.5. The lowest BCUT2D eigenvalue weighted by Crippen LogP contribution is -2.37. The fraction of sp³-hybridized carbons (Fsp3) is 0.188. The maximum Gasteiger partial charge on any atom is 0.430 e. The number of rotatable bonds is 5. The maximum absolute atomic E-state index is 11.5. The lowest BCUT2D eigenvalue weighted by atomic mass is 10.2. The number of hydrogen-bond donors (Lipinski definition) is 1. The van der Waals surface area contributed by atoms with E-state index >= 15 is 0 Å². The Kier molecular flexibility index (Phi) is 5.99. The second-order valence-electron chi connectivity index (χ2n) is 5.40. The summed E-state index contributed by atoms with van der Waals surface area (Å²) in [6.45, 7) is 1.50. The second-order valence-corrected chi connectivity index (χ2v) is 6.95. The third-order valence-electron chi connectivity index (χ3n) is 3.62. The van der Waals surface area contributed by atoms with Crippen LogP contribution in [0, 0.1) is 13.7 Å². The van der Waals surface area contributed by atoms with Crippen LogP contribution in [0.5, 0.6) is 0 Å². The molecule has 0 fully saturated rings. The van der Waals surface area contributed by atoms with Gasteiger partial charge >= 0.3 is 5.84 Å². The highest BCUT2D eigenvalue weighted by atomic mass is 127. The summed E-state index contributed by atoms with van der Waals surface area (Å²) in [5.41, 5.74) is 4.34. The lowest BCUT2D eigenvalue weighted by Gasteiger charge is -2.18. The van der Waals surface area contributed by atoms with Crippen molar-refractivity contribution in [3.63, 3.8) is 0 Å². The van der Waals surface area contributed by atoms with E-state index < -0.39 is 4.92 Å². The zero-order valence-corrected chi connectivity index (χ0v) is 16.4. The van der Waals surface area contributed by atoms with Gasteiger partial charge < -0.3 is 15.0 Å². The highest BCUT2D eigenvalue weighted by Crippen LogP contribution is 2.17. The van der Waals surface area contributed by atoms with Crippen molar-refractivity contribution < 1.29 is 4.92 Å². The van der Waals surface area contributed by atoms with Crippen LogP contribution in [0.1, 0.15) is 5.56 Å². The molecule has 1 aromatic carbocycles. The SMILES string of the molecule is O=[N+]([O-])/C(=N\Nc1ccccc1I)C1=NCCN1Cc1ccc(Cl)nc1. The number of nitrogens with one attached hydrogen (secondary N) is 1. The van der Waals surface area contributed by atoms with E-state index in [1.807, 2.05) is 29.2 Å². The predicted molar refractivity (Wildman–Crippen MR) is 109 cm³/mol. The number of halogens is 2. The summed E-state index contributed by atoms with van der Waals surface area (Å²) in [5, 5.41) is 15.9. The molecule has 0 bridgehead atoms. The fourth-order valence-corrected chi connectivity index (χ4v) is 3.03. The molecular weight excluding hydrogens is 471 g/mol. The molecule has 0 unspecified atom stereocenters. The van der Waals surface area contributed by atoms with Crippen molar-refractivity contribution in [3.05, 3.63) is 67.0 Å². The van der Waals surface area contributed by atoms with Crippen LogP contribution in [0.2, 0.25) is 5.15 Å². The number of aliphatic imine (C=N–C) groups is 1. The van der Waals surface area contributed by atoms with E-state index in [0.29, 0.717) is 30.5 Å². The largest absolute Gasteiger partial charge is 0.430 e. The van der Waals surface area contributed by atoms with Gasteiger partial charge in [0.15, 0.2) is 0 Å². The summed E-state index contributed by atoms with van der Waals surface area (Å²) in [5.74, 6) is -0.0625. The number of hydrogen-bond acceptors (Lipinski definition) is 7. The van der Waals surface area contributed by atoms with E-state index in [4.69, 9.17) is 11.6 Å². The smallest absolute Gasteiger partial charge is 0.358 e. The molecule has 1 aliphatic heterocycles. The Bertz CT molecular complexity index is 871. The van der Waals surface area contributed by atoms with Crippen molar-refractivity contribution in [2.75, 3.05) is 18.5 Å². The van der Waals surface area contributed by atoms with Gasteiger partial charge in [-0.2, -0.15) is 5.43 Å². The molecule has 0 radical (unpaired) electrons. The van der Waals surface area contributed by atoms with Crippen LogP contribution >= 0.6 is 34.2 Å². The lowest BCUT2D eigenvalue weighted by molar-refractivity contribution is -0.346. The topological polar surface area (TPSA) is 96.0 Å². The molecule has 0 amide bonds. The highest BCUT2D eigenvalue weighted by Gasteiger charge is 2.31. The van der Waals surface area contributed by atoms with Crippen LogP contribution in [0.4, 0.5) is 5.69 Å². The molecular formula is C16H14ClIN6O2. The summed E-state index contributed by atoms with van der Waals surface area (Å²) in [4.78, 5) is 21.1. The van der Waals surface area contributed by atoms with Gasteiger partial charge in [0.2, 0.25) is 5.84 Å². The second kappa shape index (κ2) is 8.41. The molecule has 0 aliphatic carbocycles. The van der Waals surface area contributed by atoms with Crippen molar-refractivity contribution >= 4 is 51.6 Å². The molecule has 134 valence electrons. The van der Waals surface area contributed by atoms with E-state index in [1.54, 1.807) is 18.3 Å². The number of benzene rings is 1. The van der Waals surface area contributed by atoms with Crippen LogP contribution in [0.25, 0.3) is 0 Å². The van der Waals surface area contributed by atoms with Gasteiger partial charge in [0.1, 0.15) is 5.15 Å². The first kappa shape index (κ1) is 18.5. The summed E-state index contributed by atoms with van der Waals surface area (Å²) in [6.07, 6.45) is 1.64. The monoisotopic (exact) mass is 484 g/mol. The normalized spacial score (nSPS) is 14.3. The Hall–Kier alpha value is -2.27. The van der Waals surface area contributed by atoms with Crippen molar-refractivity contribution in [2.45, 2.75) is 6.54 Å². The van der Waals surface area contributed by atoms with E-state index in [2.05, 4.69) is 43.1 Å². The third-order valence-corrected chi connectivity index (χ3v) is 4.79. The van der Waals surface area contributed by atoms with Gasteiger partial charge in [-0.25, -0.2) is 4.98 Å². The molecule has 2 heterocycles. The highest BCUT2D eigenvalue weighted by molar-refractivity contribution is 14.1. The molecule has 1 N–H and O–H groups in total. The molecule has 0 spiro atoms. The Labute approximate surface area is 168 Å². The van der Waals surface area contributed by atoms with Gasteiger partial charge in [0.05, 0.1) is 17.3 Å². The standard InChI is InChI=1S/C16H14ClIN6O2/c17-14-6-5-11(9-20-14)10-23-8-7-19-15(23)16(24(25)26)22-21-13-4-2-1-3-12(13)18/h1-6,9,21H,7-8,10H2/b22-16-. The first-order chi connectivity index (χ1) is 12.5. The number of nitrogens with zero attached hydrogens (tertiary/aromatic N) is 5. The van der Waals surface area contributed by atoms with E-state index in [-0.39, 0.29) is 11.7 Å². The number of para-hydroxylation sites is 1. The van der Waals surface area contributed by atoms with E-state index in [0.717, 1.165) is 9.13 Å². The van der Waals surface area contributed by atoms with E-state index in [1.165, 1.54) is 0 Å². The van der Waals surface area contributed by atoms with Crippen molar-refractivity contribution in [1.29, 1.82) is 0 Å². The molecule has 26 heavy (non-hydrogen) atoms. The third kappa shape index (κ3) is 4.47. The molecule has 3 rings (SSSR count). The average molecular weight is 485 g/mol. The van der Waals surface area contributed by atoms with Crippen molar-refractivity contribution in [3.8, 4) is 0 Å². The Morgan fingerprint density at radius 1 is 1.38 bits per heavy atom. The summed E-state index contributed by atoms with van der Waals surface area (Å²) < 4.78 is 0.911. The minimum absolute atomic E-state index is 0.253. The molecule has 0 saturated carbocycles. The van der Waals surface area contributed by atoms with Crippen LogP contribution in [0.3, 0.4) is 0 Å². The van der Waals surface area contributed by atoms with Gasteiger partial charge in [0, 0.05) is 22.9 Å². The number of nitro groups is 1. The van der Waals surface area contributed by atoms with Gasteiger partial charge in [-0.05, 0) is 51.3 Å².